The van der Waals surface area contributed by atoms with Gasteiger partial charge in [-0.3, -0.25) is 4.79 Å². The van der Waals surface area contributed by atoms with Gasteiger partial charge in [-0.2, -0.15) is 0 Å². The van der Waals surface area contributed by atoms with Gasteiger partial charge >= 0.3 is 5.97 Å². The van der Waals surface area contributed by atoms with E-state index in [-0.39, 0.29) is 5.92 Å². The minimum Gasteiger partial charge on any atom is -0.481 e. The van der Waals surface area contributed by atoms with Crippen molar-refractivity contribution in [3.63, 3.8) is 0 Å². The summed E-state index contributed by atoms with van der Waals surface area (Å²) in [5.74, 6) is -1.09. The first-order chi connectivity index (χ1) is 9.69. The van der Waals surface area contributed by atoms with Crippen LogP contribution in [0.4, 0.5) is 0 Å². The highest BCUT2D eigenvalue weighted by Crippen LogP contribution is 2.21. The van der Waals surface area contributed by atoms with Crippen molar-refractivity contribution in [1.82, 2.24) is 0 Å². The number of unbranched alkanes of at least 4 members (excludes halogenated alkanes) is 5. The number of rotatable bonds is 10. The van der Waals surface area contributed by atoms with Crippen LogP contribution in [-0.2, 0) is 11.2 Å². The zero-order chi connectivity index (χ0) is 14.8. The number of carboxylic acids is 1. The van der Waals surface area contributed by atoms with Gasteiger partial charge in [-0.1, -0.05) is 70.2 Å². The van der Waals surface area contributed by atoms with E-state index in [1.165, 1.54) is 44.1 Å². The maximum Gasteiger partial charge on any atom is 0.310 e. The Labute approximate surface area is 123 Å². The van der Waals surface area contributed by atoms with Crippen LogP contribution in [0.15, 0.2) is 24.3 Å². The molecule has 1 N–H and O–H groups in total. The van der Waals surface area contributed by atoms with Gasteiger partial charge in [0.1, 0.15) is 0 Å². The quantitative estimate of drug-likeness (QED) is 0.599. The lowest BCUT2D eigenvalue weighted by Gasteiger charge is -2.10. The van der Waals surface area contributed by atoms with Crippen LogP contribution in [0, 0.1) is 0 Å². The Bertz CT molecular complexity index is 381. The third kappa shape index (κ3) is 5.77. The summed E-state index contributed by atoms with van der Waals surface area (Å²) < 4.78 is 0. The third-order valence-corrected chi connectivity index (χ3v) is 3.91. The van der Waals surface area contributed by atoms with Crippen molar-refractivity contribution in [3.05, 3.63) is 35.4 Å². The molecule has 0 fully saturated rings. The van der Waals surface area contributed by atoms with Crippen LogP contribution < -0.4 is 0 Å². The fourth-order valence-corrected chi connectivity index (χ4v) is 2.58. The summed E-state index contributed by atoms with van der Waals surface area (Å²) in [6.45, 7) is 4.16. The molecule has 0 radical (unpaired) electrons. The first kappa shape index (κ1) is 16.7. The molecule has 112 valence electrons. The van der Waals surface area contributed by atoms with E-state index in [1.807, 2.05) is 19.1 Å². The molecule has 1 atom stereocenters. The van der Waals surface area contributed by atoms with Crippen molar-refractivity contribution < 1.29 is 9.90 Å². The molecule has 0 saturated carbocycles. The number of hydrogen-bond acceptors (Lipinski definition) is 1. The molecule has 2 heteroatoms. The van der Waals surface area contributed by atoms with Crippen molar-refractivity contribution >= 4 is 5.97 Å². The molecule has 1 aromatic carbocycles. The normalized spacial score (nSPS) is 12.3. The first-order valence-electron chi connectivity index (χ1n) is 8.00. The number of carboxylic acid groups (broad SMARTS) is 1. The van der Waals surface area contributed by atoms with E-state index in [1.54, 1.807) is 0 Å². The zero-order valence-corrected chi connectivity index (χ0v) is 12.9. The zero-order valence-electron chi connectivity index (χ0n) is 12.9. The second-order valence-electron chi connectivity index (χ2n) is 5.56. The fraction of sp³-hybridized carbons (Fsp3) is 0.611. The predicted molar refractivity (Wildman–Crippen MR) is 84.2 cm³/mol. The molecule has 20 heavy (non-hydrogen) atoms. The average molecular weight is 276 g/mol. The number of aryl methyl sites for hydroxylation is 1. The number of carbonyl (C=O) groups is 1. The molecule has 0 aliphatic rings. The van der Waals surface area contributed by atoms with Crippen molar-refractivity contribution in [3.8, 4) is 0 Å². The van der Waals surface area contributed by atoms with Crippen LogP contribution in [0.25, 0.3) is 0 Å². The van der Waals surface area contributed by atoms with Gasteiger partial charge < -0.3 is 5.11 Å². The highest BCUT2D eigenvalue weighted by atomic mass is 16.4. The van der Waals surface area contributed by atoms with Crippen LogP contribution in [0.2, 0.25) is 0 Å². The first-order valence-corrected chi connectivity index (χ1v) is 8.00. The van der Waals surface area contributed by atoms with Crippen molar-refractivity contribution in [2.24, 2.45) is 0 Å². The molecular formula is C18H28O2. The summed E-state index contributed by atoms with van der Waals surface area (Å²) in [5.41, 5.74) is 2.25. The Morgan fingerprint density at radius 2 is 1.60 bits per heavy atom. The second-order valence-corrected chi connectivity index (χ2v) is 5.56. The lowest BCUT2D eigenvalue weighted by Crippen LogP contribution is -2.10. The molecule has 1 rings (SSSR count). The lowest BCUT2D eigenvalue weighted by molar-refractivity contribution is -0.138. The fourth-order valence-electron chi connectivity index (χ4n) is 2.58. The molecule has 0 aromatic heterocycles. The van der Waals surface area contributed by atoms with Gasteiger partial charge in [0.25, 0.3) is 0 Å². The number of benzene rings is 1. The van der Waals surface area contributed by atoms with Gasteiger partial charge in [-0.05, 0) is 30.4 Å². The van der Waals surface area contributed by atoms with Crippen molar-refractivity contribution in [2.75, 3.05) is 0 Å². The van der Waals surface area contributed by atoms with E-state index in [2.05, 4.69) is 19.1 Å². The van der Waals surface area contributed by atoms with Crippen LogP contribution in [-0.4, -0.2) is 11.1 Å². The molecular weight excluding hydrogens is 248 g/mol. The van der Waals surface area contributed by atoms with Gasteiger partial charge in [0.2, 0.25) is 0 Å². The Morgan fingerprint density at radius 1 is 1.00 bits per heavy atom. The number of hydrogen-bond donors (Lipinski definition) is 1. The third-order valence-electron chi connectivity index (χ3n) is 3.91. The monoisotopic (exact) mass is 276 g/mol. The average Bonchev–Trinajstić information content (AvgIpc) is 2.44. The topological polar surface area (TPSA) is 37.3 Å². The van der Waals surface area contributed by atoms with Crippen LogP contribution in [0.1, 0.15) is 75.8 Å². The van der Waals surface area contributed by atoms with Crippen LogP contribution in [0.5, 0.6) is 0 Å². The van der Waals surface area contributed by atoms with Gasteiger partial charge in [-0.25, -0.2) is 0 Å². The standard InChI is InChI=1S/C18H28O2/c1-3-5-6-7-8-9-10-15-11-13-16(14-12-15)17(4-2)18(19)20/h11-14,17H,3-10H2,1-2H3,(H,19,20). The Kier molecular flexibility index (Phi) is 8.01. The maximum atomic E-state index is 11.1. The molecule has 0 amide bonds. The van der Waals surface area contributed by atoms with E-state index in [4.69, 9.17) is 5.11 Å². The summed E-state index contributed by atoms with van der Waals surface area (Å²) >= 11 is 0. The van der Waals surface area contributed by atoms with E-state index >= 15 is 0 Å². The minimum atomic E-state index is -0.726. The van der Waals surface area contributed by atoms with Crippen LogP contribution >= 0.6 is 0 Å². The van der Waals surface area contributed by atoms with Gasteiger partial charge in [0.05, 0.1) is 5.92 Å². The molecule has 0 aliphatic carbocycles. The summed E-state index contributed by atoms with van der Waals surface area (Å²) in [5, 5.41) is 9.14. The van der Waals surface area contributed by atoms with Gasteiger partial charge in [0.15, 0.2) is 0 Å². The number of aliphatic carboxylic acids is 1. The Balaban J connectivity index is 2.37. The van der Waals surface area contributed by atoms with Crippen LogP contribution in [0.3, 0.4) is 0 Å². The molecule has 1 aromatic rings. The lowest BCUT2D eigenvalue weighted by atomic mass is 9.95. The molecule has 0 heterocycles. The van der Waals surface area contributed by atoms with Gasteiger partial charge in [0, 0.05) is 0 Å². The molecule has 0 spiro atoms. The summed E-state index contributed by atoms with van der Waals surface area (Å²) in [4.78, 5) is 11.1. The molecule has 0 aliphatic heterocycles. The van der Waals surface area contributed by atoms with E-state index < -0.39 is 5.97 Å². The summed E-state index contributed by atoms with van der Waals surface area (Å²) in [7, 11) is 0. The molecule has 2 nitrogen and oxygen atoms in total. The molecule has 1 unspecified atom stereocenters. The maximum absolute atomic E-state index is 11.1. The van der Waals surface area contributed by atoms with E-state index in [9.17, 15) is 4.79 Å². The minimum absolute atomic E-state index is 0.363. The molecule has 0 bridgehead atoms. The summed E-state index contributed by atoms with van der Waals surface area (Å²) in [6, 6.07) is 8.14. The SMILES string of the molecule is CCCCCCCCc1ccc(C(CC)C(=O)O)cc1. The second kappa shape index (κ2) is 9.57. The van der Waals surface area contributed by atoms with Crippen molar-refractivity contribution in [1.29, 1.82) is 0 Å². The Hall–Kier alpha value is -1.31. The van der Waals surface area contributed by atoms with Crippen molar-refractivity contribution in [2.45, 2.75) is 71.1 Å². The molecule has 0 saturated heterocycles. The highest BCUT2D eigenvalue weighted by molar-refractivity contribution is 5.75. The smallest absolute Gasteiger partial charge is 0.310 e. The predicted octanol–water partition coefficient (Wildman–Crippen LogP) is 5.17. The largest absolute Gasteiger partial charge is 0.481 e. The van der Waals surface area contributed by atoms with E-state index in [0.29, 0.717) is 6.42 Å². The van der Waals surface area contributed by atoms with E-state index in [0.717, 1.165) is 12.0 Å². The van der Waals surface area contributed by atoms with Gasteiger partial charge in [-0.15, -0.1) is 0 Å². The summed E-state index contributed by atoms with van der Waals surface area (Å²) in [6.07, 6.45) is 9.62. The highest BCUT2D eigenvalue weighted by Gasteiger charge is 2.16. The Morgan fingerprint density at radius 3 is 2.15 bits per heavy atom.